The summed E-state index contributed by atoms with van der Waals surface area (Å²) in [7, 11) is 0. The van der Waals surface area contributed by atoms with Crippen LogP contribution >= 0.6 is 0 Å². The third-order valence-corrected chi connectivity index (χ3v) is 2.81. The van der Waals surface area contributed by atoms with Crippen LogP contribution in [0.2, 0.25) is 0 Å². The molecule has 1 aliphatic rings. The van der Waals surface area contributed by atoms with Crippen molar-refractivity contribution in [3.63, 3.8) is 0 Å². The van der Waals surface area contributed by atoms with Crippen LogP contribution < -0.4 is 0 Å². The Morgan fingerprint density at radius 3 is 2.31 bits per heavy atom. The smallest absolute Gasteiger partial charge is 0.0808 e. The number of hydrogen-bond donors (Lipinski definition) is 0. The molecule has 0 amide bonds. The largest absolute Gasteiger partial charge is 0.135 e. The fraction of sp³-hybridized carbons (Fsp3) is 0.818. The standard InChI is InChI=1S/C11H17NO/c1-10-4-2-6-11(7-3-5-10)8-9-12-13/h10-11H,2-7H2,1H3. The minimum absolute atomic E-state index is 0.421. The molecule has 0 saturated heterocycles. The molecule has 0 spiro atoms. The van der Waals surface area contributed by atoms with Gasteiger partial charge in [-0.2, -0.15) is 0 Å². The highest BCUT2D eigenvalue weighted by Gasteiger charge is 2.12. The Morgan fingerprint density at radius 1 is 1.15 bits per heavy atom. The summed E-state index contributed by atoms with van der Waals surface area (Å²) >= 11 is 0. The average molecular weight is 179 g/mol. The molecular formula is C11H17NO. The lowest BCUT2D eigenvalue weighted by molar-refractivity contribution is 0.371. The van der Waals surface area contributed by atoms with Crippen molar-refractivity contribution in [3.05, 3.63) is 4.91 Å². The van der Waals surface area contributed by atoms with E-state index < -0.39 is 0 Å². The van der Waals surface area contributed by atoms with Crippen molar-refractivity contribution < 1.29 is 0 Å². The Morgan fingerprint density at radius 2 is 1.77 bits per heavy atom. The molecule has 0 aromatic carbocycles. The Labute approximate surface area is 80.1 Å². The van der Waals surface area contributed by atoms with Gasteiger partial charge in [-0.1, -0.05) is 38.5 Å². The Kier molecular flexibility index (Phi) is 4.53. The molecule has 0 aliphatic heterocycles. The molecule has 0 atom stereocenters. The van der Waals surface area contributed by atoms with Gasteiger partial charge in [-0.25, -0.2) is 0 Å². The van der Waals surface area contributed by atoms with Gasteiger partial charge in [0.25, 0.3) is 0 Å². The normalized spacial score (nSPS) is 29.3. The fourth-order valence-electron chi connectivity index (χ4n) is 1.98. The Bertz CT molecular complexity index is 204. The van der Waals surface area contributed by atoms with Gasteiger partial charge < -0.3 is 0 Å². The van der Waals surface area contributed by atoms with Crippen molar-refractivity contribution in [1.29, 1.82) is 0 Å². The van der Waals surface area contributed by atoms with Crippen LogP contribution in [0.25, 0.3) is 0 Å². The topological polar surface area (TPSA) is 29.4 Å². The molecule has 0 radical (unpaired) electrons. The first-order valence-electron chi connectivity index (χ1n) is 5.16. The van der Waals surface area contributed by atoms with E-state index in [0.717, 1.165) is 18.8 Å². The van der Waals surface area contributed by atoms with E-state index in [1.165, 1.54) is 25.7 Å². The first-order valence-corrected chi connectivity index (χ1v) is 5.16. The van der Waals surface area contributed by atoms with Gasteiger partial charge in [-0.3, -0.25) is 0 Å². The maximum absolute atomic E-state index is 9.83. The zero-order chi connectivity index (χ0) is 9.52. The molecule has 72 valence electrons. The summed E-state index contributed by atoms with van der Waals surface area (Å²) in [4.78, 5) is 9.83. The van der Waals surface area contributed by atoms with Crippen molar-refractivity contribution >= 4 is 0 Å². The molecule has 1 aliphatic carbocycles. The second-order valence-electron chi connectivity index (χ2n) is 4.01. The van der Waals surface area contributed by atoms with Crippen molar-refractivity contribution in [1.82, 2.24) is 0 Å². The lowest BCUT2D eigenvalue weighted by atomic mass is 9.87. The SMILES string of the molecule is CC1CCCC(C#CN=O)CCC1. The van der Waals surface area contributed by atoms with Crippen LogP contribution in [0.5, 0.6) is 0 Å². The van der Waals surface area contributed by atoms with Crippen molar-refractivity contribution in [2.75, 3.05) is 0 Å². The van der Waals surface area contributed by atoms with E-state index in [2.05, 4.69) is 24.1 Å². The predicted molar refractivity (Wildman–Crippen MR) is 53.9 cm³/mol. The summed E-state index contributed by atoms with van der Waals surface area (Å²) in [6.07, 6.45) is 7.41. The number of hydrogen-bond acceptors (Lipinski definition) is 2. The minimum Gasteiger partial charge on any atom is -0.135 e. The van der Waals surface area contributed by atoms with Crippen LogP contribution in [0.3, 0.4) is 0 Å². The van der Waals surface area contributed by atoms with Crippen molar-refractivity contribution in [2.45, 2.75) is 45.4 Å². The number of nitrogens with zero attached hydrogens (tertiary/aromatic N) is 1. The summed E-state index contributed by atoms with van der Waals surface area (Å²) in [6, 6.07) is 2.30. The summed E-state index contributed by atoms with van der Waals surface area (Å²) in [5.74, 6) is 4.22. The van der Waals surface area contributed by atoms with E-state index in [1.807, 2.05) is 0 Å². The second-order valence-corrected chi connectivity index (χ2v) is 4.01. The highest BCUT2D eigenvalue weighted by Crippen LogP contribution is 2.25. The van der Waals surface area contributed by atoms with Crippen LogP contribution in [-0.2, 0) is 0 Å². The summed E-state index contributed by atoms with van der Waals surface area (Å²) in [6.45, 7) is 2.32. The number of nitroso groups, excluding NO2 is 1. The van der Waals surface area contributed by atoms with Gasteiger partial charge in [0.1, 0.15) is 0 Å². The minimum atomic E-state index is 0.421. The first kappa shape index (κ1) is 10.2. The maximum Gasteiger partial charge on any atom is 0.0808 e. The van der Waals surface area contributed by atoms with Gasteiger partial charge in [-0.05, 0) is 18.8 Å². The molecule has 0 heterocycles. The van der Waals surface area contributed by atoms with Gasteiger partial charge >= 0.3 is 0 Å². The summed E-state index contributed by atoms with van der Waals surface area (Å²) in [5, 5.41) is 2.59. The third-order valence-electron chi connectivity index (χ3n) is 2.81. The maximum atomic E-state index is 9.83. The molecule has 0 aromatic rings. The van der Waals surface area contributed by atoms with Gasteiger partial charge in [0.2, 0.25) is 0 Å². The lowest BCUT2D eigenvalue weighted by Crippen LogP contribution is -2.05. The van der Waals surface area contributed by atoms with E-state index in [4.69, 9.17) is 0 Å². The molecule has 0 aromatic heterocycles. The van der Waals surface area contributed by atoms with E-state index in [1.54, 1.807) is 0 Å². The molecule has 1 saturated carbocycles. The molecule has 13 heavy (non-hydrogen) atoms. The Hall–Kier alpha value is -0.840. The highest BCUT2D eigenvalue weighted by atomic mass is 16.2. The van der Waals surface area contributed by atoms with Crippen LogP contribution in [-0.4, -0.2) is 0 Å². The van der Waals surface area contributed by atoms with Gasteiger partial charge in [-0.15, -0.1) is 4.91 Å². The zero-order valence-electron chi connectivity index (χ0n) is 8.25. The quantitative estimate of drug-likeness (QED) is 0.414. The van der Waals surface area contributed by atoms with E-state index >= 15 is 0 Å². The highest BCUT2D eigenvalue weighted by molar-refractivity contribution is 5.02. The van der Waals surface area contributed by atoms with Crippen molar-refractivity contribution in [3.8, 4) is 12.0 Å². The van der Waals surface area contributed by atoms with E-state index in [-0.39, 0.29) is 0 Å². The lowest BCUT2D eigenvalue weighted by Gasteiger charge is -2.18. The van der Waals surface area contributed by atoms with Crippen LogP contribution in [0.1, 0.15) is 45.4 Å². The summed E-state index contributed by atoms with van der Waals surface area (Å²) < 4.78 is 0. The average Bonchev–Trinajstić information content (AvgIpc) is 2.09. The molecule has 2 nitrogen and oxygen atoms in total. The van der Waals surface area contributed by atoms with E-state index in [0.29, 0.717) is 5.92 Å². The summed E-state index contributed by atoms with van der Waals surface area (Å²) in [5.41, 5.74) is 0. The molecule has 0 bridgehead atoms. The van der Waals surface area contributed by atoms with Gasteiger partial charge in [0.05, 0.1) is 6.04 Å². The fourth-order valence-corrected chi connectivity index (χ4v) is 1.98. The Balaban J connectivity index is 2.36. The van der Waals surface area contributed by atoms with Crippen LogP contribution in [0, 0.1) is 28.7 Å². The first-order chi connectivity index (χ1) is 6.33. The molecule has 1 rings (SSSR count). The van der Waals surface area contributed by atoms with Gasteiger partial charge in [0.15, 0.2) is 0 Å². The van der Waals surface area contributed by atoms with Crippen LogP contribution in [0.15, 0.2) is 5.18 Å². The third kappa shape index (κ3) is 4.07. The second kappa shape index (κ2) is 5.75. The molecular weight excluding hydrogens is 162 g/mol. The van der Waals surface area contributed by atoms with Crippen LogP contribution in [0.4, 0.5) is 0 Å². The van der Waals surface area contributed by atoms with Crippen molar-refractivity contribution in [2.24, 2.45) is 17.0 Å². The predicted octanol–water partition coefficient (Wildman–Crippen LogP) is 3.32. The zero-order valence-corrected chi connectivity index (χ0v) is 8.25. The van der Waals surface area contributed by atoms with Gasteiger partial charge in [0, 0.05) is 11.1 Å². The monoisotopic (exact) mass is 179 g/mol. The molecule has 0 N–H and O–H groups in total. The molecule has 0 unspecified atom stereocenters. The van der Waals surface area contributed by atoms with E-state index in [9.17, 15) is 4.91 Å². The molecule has 1 fully saturated rings. The molecule has 2 heteroatoms. The number of rotatable bonds is 0.